The Morgan fingerprint density at radius 3 is 2.70 bits per heavy atom. The third-order valence-corrected chi connectivity index (χ3v) is 3.58. The summed E-state index contributed by atoms with van der Waals surface area (Å²) in [6.45, 7) is 6.27. The predicted octanol–water partition coefficient (Wildman–Crippen LogP) is 0.105. The van der Waals surface area contributed by atoms with Crippen molar-refractivity contribution in [3.63, 3.8) is 0 Å². The number of nitrogens with zero attached hydrogens (tertiary/aromatic N) is 1. The predicted molar refractivity (Wildman–Crippen MR) is 87.4 cm³/mol. The van der Waals surface area contributed by atoms with Gasteiger partial charge in [0.15, 0.2) is 0 Å². The number of rotatable bonds is 5. The van der Waals surface area contributed by atoms with Gasteiger partial charge in [0.1, 0.15) is 5.65 Å². The van der Waals surface area contributed by atoms with Crippen molar-refractivity contribution in [1.82, 2.24) is 20.3 Å². The van der Waals surface area contributed by atoms with Gasteiger partial charge >= 0.3 is 5.69 Å². The lowest BCUT2D eigenvalue weighted by molar-refractivity contribution is 0.0898. The van der Waals surface area contributed by atoms with E-state index in [4.69, 9.17) is 5.73 Å². The Labute approximate surface area is 132 Å². The third-order valence-electron chi connectivity index (χ3n) is 3.58. The van der Waals surface area contributed by atoms with Crippen LogP contribution in [-0.2, 0) is 0 Å². The van der Waals surface area contributed by atoms with Crippen LogP contribution in [-0.4, -0.2) is 32.9 Å². The van der Waals surface area contributed by atoms with Gasteiger partial charge in [-0.1, -0.05) is 13.8 Å². The quantitative estimate of drug-likeness (QED) is 0.620. The van der Waals surface area contributed by atoms with Crippen molar-refractivity contribution in [1.29, 1.82) is 0 Å². The average molecular weight is 319 g/mol. The minimum Gasteiger partial charge on any atom is -0.346 e. The number of nitrogens with one attached hydrogen (secondary N) is 3. The first-order valence-electron chi connectivity index (χ1n) is 7.39. The highest BCUT2D eigenvalue weighted by Gasteiger charge is 2.26. The zero-order chi connectivity index (χ0) is 17.2. The van der Waals surface area contributed by atoms with E-state index < -0.39 is 16.8 Å². The monoisotopic (exact) mass is 319 g/mol. The van der Waals surface area contributed by atoms with E-state index in [9.17, 15) is 14.4 Å². The van der Waals surface area contributed by atoms with Crippen LogP contribution < -0.4 is 22.3 Å². The standard InChI is InChI=1S/C15H21N5O3/c1-8(2)5-15(3,7-16)20-12(21)9-4-10-11(17-6-9)18-14(23)19-13(10)22/h4,6,8H,5,7,16H2,1-3H3,(H,20,21)(H2,17,18,19,22,23). The normalized spacial score (nSPS) is 14.0. The molecule has 1 amide bonds. The summed E-state index contributed by atoms with van der Waals surface area (Å²) in [5.41, 5.74) is 4.39. The van der Waals surface area contributed by atoms with Crippen LogP contribution in [0.3, 0.4) is 0 Å². The number of fused-ring (bicyclic) bond motifs is 1. The van der Waals surface area contributed by atoms with E-state index in [1.807, 2.05) is 20.8 Å². The van der Waals surface area contributed by atoms with Crippen molar-refractivity contribution in [2.45, 2.75) is 32.7 Å². The van der Waals surface area contributed by atoms with Crippen LogP contribution in [0.15, 0.2) is 21.9 Å². The summed E-state index contributed by atoms with van der Waals surface area (Å²) in [4.78, 5) is 43.9. The summed E-state index contributed by atoms with van der Waals surface area (Å²) in [7, 11) is 0. The summed E-state index contributed by atoms with van der Waals surface area (Å²) in [6, 6.07) is 1.40. The highest BCUT2D eigenvalue weighted by Crippen LogP contribution is 2.16. The Morgan fingerprint density at radius 2 is 2.09 bits per heavy atom. The van der Waals surface area contributed by atoms with Crippen LogP contribution in [0.4, 0.5) is 0 Å². The van der Waals surface area contributed by atoms with Crippen molar-refractivity contribution in [3.05, 3.63) is 38.7 Å². The van der Waals surface area contributed by atoms with Gasteiger partial charge in [-0.3, -0.25) is 19.6 Å². The number of H-pyrrole nitrogens is 2. The summed E-state index contributed by atoms with van der Waals surface area (Å²) in [5, 5.41) is 3.05. The molecule has 0 aliphatic rings. The van der Waals surface area contributed by atoms with Gasteiger partial charge in [-0.2, -0.15) is 0 Å². The maximum atomic E-state index is 12.4. The van der Waals surface area contributed by atoms with Crippen LogP contribution in [0.5, 0.6) is 0 Å². The van der Waals surface area contributed by atoms with E-state index in [1.165, 1.54) is 12.3 Å². The molecule has 2 rings (SSSR count). The molecule has 0 saturated carbocycles. The number of aromatic nitrogens is 3. The molecule has 0 aromatic carbocycles. The van der Waals surface area contributed by atoms with E-state index in [-0.39, 0.29) is 22.5 Å². The molecule has 0 spiro atoms. The zero-order valence-corrected chi connectivity index (χ0v) is 13.4. The van der Waals surface area contributed by atoms with Crippen molar-refractivity contribution in [3.8, 4) is 0 Å². The average Bonchev–Trinajstić information content (AvgIpc) is 2.45. The number of amides is 1. The molecular weight excluding hydrogens is 298 g/mol. The number of hydrogen-bond donors (Lipinski definition) is 4. The molecule has 0 bridgehead atoms. The Balaban J connectivity index is 2.34. The Hall–Kier alpha value is -2.48. The van der Waals surface area contributed by atoms with Gasteiger partial charge in [-0.05, 0) is 25.3 Å². The fourth-order valence-electron chi connectivity index (χ4n) is 2.60. The van der Waals surface area contributed by atoms with Gasteiger partial charge in [-0.25, -0.2) is 9.78 Å². The van der Waals surface area contributed by atoms with Gasteiger partial charge in [0.2, 0.25) is 0 Å². The minimum atomic E-state index is -0.639. The van der Waals surface area contributed by atoms with E-state index in [0.717, 1.165) is 6.42 Å². The molecule has 0 aliphatic heterocycles. The van der Waals surface area contributed by atoms with Gasteiger partial charge in [0, 0.05) is 18.3 Å². The molecule has 0 radical (unpaired) electrons. The maximum absolute atomic E-state index is 12.4. The third kappa shape index (κ3) is 3.84. The van der Waals surface area contributed by atoms with Gasteiger partial charge in [0.05, 0.1) is 10.9 Å². The lowest BCUT2D eigenvalue weighted by Gasteiger charge is -2.31. The van der Waals surface area contributed by atoms with E-state index in [2.05, 4.69) is 20.3 Å². The summed E-state index contributed by atoms with van der Waals surface area (Å²) < 4.78 is 0. The second kappa shape index (κ2) is 6.33. The fraction of sp³-hybridized carbons (Fsp3) is 0.467. The number of carbonyl (C=O) groups is 1. The second-order valence-corrected chi connectivity index (χ2v) is 6.35. The Morgan fingerprint density at radius 1 is 1.39 bits per heavy atom. The van der Waals surface area contributed by atoms with E-state index >= 15 is 0 Å². The molecular formula is C15H21N5O3. The van der Waals surface area contributed by atoms with Crippen LogP contribution in [0.1, 0.15) is 37.6 Å². The maximum Gasteiger partial charge on any atom is 0.327 e. The van der Waals surface area contributed by atoms with Crippen molar-refractivity contribution >= 4 is 16.9 Å². The van der Waals surface area contributed by atoms with Crippen molar-refractivity contribution in [2.75, 3.05) is 6.54 Å². The summed E-state index contributed by atoms with van der Waals surface area (Å²) in [5.74, 6) is 0.00472. The fourth-order valence-corrected chi connectivity index (χ4v) is 2.60. The van der Waals surface area contributed by atoms with Crippen LogP contribution >= 0.6 is 0 Å². The first-order valence-corrected chi connectivity index (χ1v) is 7.39. The Bertz CT molecular complexity index is 839. The number of pyridine rings is 1. The Kier molecular flexibility index (Phi) is 4.65. The lowest BCUT2D eigenvalue weighted by atomic mass is 9.90. The van der Waals surface area contributed by atoms with E-state index in [1.54, 1.807) is 0 Å². The molecule has 2 heterocycles. The van der Waals surface area contributed by atoms with E-state index in [0.29, 0.717) is 12.5 Å². The van der Waals surface area contributed by atoms with Gasteiger partial charge in [0.25, 0.3) is 11.5 Å². The molecule has 0 fully saturated rings. The van der Waals surface area contributed by atoms with Gasteiger partial charge < -0.3 is 11.1 Å². The SMILES string of the molecule is CC(C)CC(C)(CN)NC(=O)c1cnc2[nH]c(=O)[nH]c(=O)c2c1. The van der Waals surface area contributed by atoms with Crippen LogP contribution in [0.25, 0.3) is 11.0 Å². The number of hydrogen-bond acceptors (Lipinski definition) is 5. The number of nitrogens with two attached hydrogens (primary N) is 1. The van der Waals surface area contributed by atoms with Crippen LogP contribution in [0, 0.1) is 5.92 Å². The topological polar surface area (TPSA) is 134 Å². The highest BCUT2D eigenvalue weighted by molar-refractivity contribution is 5.97. The molecule has 1 atom stereocenters. The first-order chi connectivity index (χ1) is 10.7. The summed E-state index contributed by atoms with van der Waals surface area (Å²) in [6.07, 6.45) is 2.05. The molecule has 1 unspecified atom stereocenters. The van der Waals surface area contributed by atoms with Gasteiger partial charge in [-0.15, -0.1) is 0 Å². The second-order valence-electron chi connectivity index (χ2n) is 6.35. The smallest absolute Gasteiger partial charge is 0.327 e. The lowest BCUT2D eigenvalue weighted by Crippen LogP contribution is -2.52. The summed E-state index contributed by atoms with van der Waals surface area (Å²) >= 11 is 0. The molecule has 124 valence electrons. The van der Waals surface area contributed by atoms with Crippen molar-refractivity contribution in [2.24, 2.45) is 11.7 Å². The zero-order valence-electron chi connectivity index (χ0n) is 13.4. The number of aromatic amines is 2. The molecule has 2 aromatic rings. The highest BCUT2D eigenvalue weighted by atomic mass is 16.2. The molecule has 8 nitrogen and oxygen atoms in total. The molecule has 23 heavy (non-hydrogen) atoms. The first kappa shape index (κ1) is 16.9. The largest absolute Gasteiger partial charge is 0.346 e. The minimum absolute atomic E-state index is 0.138. The molecule has 8 heteroatoms. The molecule has 0 saturated heterocycles. The van der Waals surface area contributed by atoms with Crippen LogP contribution in [0.2, 0.25) is 0 Å². The number of carbonyl (C=O) groups excluding carboxylic acids is 1. The molecule has 0 aliphatic carbocycles. The molecule has 5 N–H and O–H groups in total. The van der Waals surface area contributed by atoms with Crippen molar-refractivity contribution < 1.29 is 4.79 Å². The molecule has 2 aromatic heterocycles.